The van der Waals surface area contributed by atoms with Crippen LogP contribution in [-0.4, -0.2) is 47.9 Å². The average Bonchev–Trinajstić information content (AvgIpc) is 2.69. The van der Waals surface area contributed by atoms with Gasteiger partial charge in [-0.1, -0.05) is 67.6 Å². The predicted molar refractivity (Wildman–Crippen MR) is 103 cm³/mol. The van der Waals surface area contributed by atoms with E-state index in [1.807, 2.05) is 41.3 Å². The fraction of sp³-hybridized carbons (Fsp3) is 0.409. The molecule has 1 atom stereocenters. The van der Waals surface area contributed by atoms with E-state index in [1.165, 1.54) is 0 Å². The molecule has 3 nitrogen and oxygen atoms in total. The third kappa shape index (κ3) is 4.10. The van der Waals surface area contributed by atoms with Gasteiger partial charge < -0.3 is 4.90 Å². The van der Waals surface area contributed by atoms with Crippen molar-refractivity contribution in [1.82, 2.24) is 9.80 Å². The molecule has 132 valence electrons. The summed E-state index contributed by atoms with van der Waals surface area (Å²) in [5.41, 5.74) is 2.14. The highest BCUT2D eigenvalue weighted by molar-refractivity contribution is 5.87. The number of amides is 1. The maximum atomic E-state index is 13.4. The molecule has 1 saturated heterocycles. The number of carbonyl (C=O) groups excluding carboxylic acids is 1. The van der Waals surface area contributed by atoms with E-state index in [4.69, 9.17) is 0 Å². The number of rotatable bonds is 5. The molecule has 0 spiro atoms. The first-order chi connectivity index (χ1) is 12.2. The minimum atomic E-state index is -0.211. The van der Waals surface area contributed by atoms with E-state index >= 15 is 0 Å². The maximum absolute atomic E-state index is 13.4. The van der Waals surface area contributed by atoms with Crippen LogP contribution in [0, 0.1) is 0 Å². The topological polar surface area (TPSA) is 23.6 Å². The monoisotopic (exact) mass is 336 g/mol. The van der Waals surface area contributed by atoms with E-state index in [-0.39, 0.29) is 11.8 Å². The molecule has 0 radical (unpaired) electrons. The van der Waals surface area contributed by atoms with E-state index in [0.29, 0.717) is 6.04 Å². The highest BCUT2D eigenvalue weighted by Gasteiger charge is 2.30. The lowest BCUT2D eigenvalue weighted by molar-refractivity contribution is -0.133. The fourth-order valence-electron chi connectivity index (χ4n) is 3.59. The molecule has 0 bridgehead atoms. The third-order valence-electron chi connectivity index (χ3n) is 5.35. The van der Waals surface area contributed by atoms with Gasteiger partial charge in [0.2, 0.25) is 5.91 Å². The van der Waals surface area contributed by atoms with Crippen LogP contribution in [0.25, 0.3) is 0 Å². The van der Waals surface area contributed by atoms with Gasteiger partial charge >= 0.3 is 0 Å². The van der Waals surface area contributed by atoms with Crippen molar-refractivity contribution in [3.8, 4) is 0 Å². The average molecular weight is 336 g/mol. The number of nitrogens with zero attached hydrogens (tertiary/aromatic N) is 2. The summed E-state index contributed by atoms with van der Waals surface area (Å²) in [6.45, 7) is 8.07. The molecule has 1 fully saturated rings. The minimum absolute atomic E-state index is 0.211. The van der Waals surface area contributed by atoms with E-state index < -0.39 is 0 Å². The molecular formula is C22H28N2O. The lowest BCUT2D eigenvalue weighted by atomic mass is 9.90. The molecule has 2 aromatic carbocycles. The van der Waals surface area contributed by atoms with Crippen molar-refractivity contribution >= 4 is 5.91 Å². The summed E-state index contributed by atoms with van der Waals surface area (Å²) in [7, 11) is 0. The first-order valence-electron chi connectivity index (χ1n) is 9.33. The minimum Gasteiger partial charge on any atom is -0.339 e. The molecule has 3 rings (SSSR count). The van der Waals surface area contributed by atoms with Crippen molar-refractivity contribution in [2.45, 2.75) is 32.2 Å². The summed E-state index contributed by atoms with van der Waals surface area (Å²) in [4.78, 5) is 17.9. The third-order valence-corrected chi connectivity index (χ3v) is 5.35. The molecule has 0 saturated carbocycles. The fourth-order valence-corrected chi connectivity index (χ4v) is 3.59. The van der Waals surface area contributed by atoms with Gasteiger partial charge in [-0.2, -0.15) is 0 Å². The van der Waals surface area contributed by atoms with Crippen molar-refractivity contribution in [3.63, 3.8) is 0 Å². The molecule has 1 aliphatic rings. The molecule has 3 heteroatoms. The summed E-state index contributed by atoms with van der Waals surface area (Å²) >= 11 is 0. The Morgan fingerprint density at radius 2 is 1.36 bits per heavy atom. The largest absolute Gasteiger partial charge is 0.339 e. The number of piperazine rings is 1. The molecule has 1 aliphatic heterocycles. The molecule has 2 aromatic rings. The Labute approximate surface area is 151 Å². The van der Waals surface area contributed by atoms with Crippen molar-refractivity contribution in [1.29, 1.82) is 0 Å². The summed E-state index contributed by atoms with van der Waals surface area (Å²) < 4.78 is 0. The van der Waals surface area contributed by atoms with Gasteiger partial charge in [0, 0.05) is 32.2 Å². The molecule has 0 aromatic heterocycles. The molecule has 0 unspecified atom stereocenters. The van der Waals surface area contributed by atoms with Crippen molar-refractivity contribution in [2.75, 3.05) is 26.2 Å². The first-order valence-corrected chi connectivity index (χ1v) is 9.33. The Balaban J connectivity index is 1.79. The van der Waals surface area contributed by atoms with Crippen LogP contribution in [0.4, 0.5) is 0 Å². The van der Waals surface area contributed by atoms with Gasteiger partial charge in [-0.25, -0.2) is 0 Å². The summed E-state index contributed by atoms with van der Waals surface area (Å²) in [6, 6.07) is 20.9. The smallest absolute Gasteiger partial charge is 0.234 e. The highest BCUT2D eigenvalue weighted by Crippen LogP contribution is 2.27. The standard InChI is InChI=1S/C22H28N2O/c1-3-18(2)23-14-16-24(17-15-23)22(25)21(19-10-6-4-7-11-19)20-12-8-5-9-13-20/h4-13,18,21H,3,14-17H2,1-2H3/t18-/m0/s1. The van der Waals surface area contributed by atoms with Gasteiger partial charge in [0.25, 0.3) is 0 Å². The van der Waals surface area contributed by atoms with Gasteiger partial charge in [0.15, 0.2) is 0 Å². The highest BCUT2D eigenvalue weighted by atomic mass is 16.2. The zero-order valence-corrected chi connectivity index (χ0v) is 15.3. The van der Waals surface area contributed by atoms with Crippen LogP contribution < -0.4 is 0 Å². The van der Waals surface area contributed by atoms with Crippen LogP contribution in [0.2, 0.25) is 0 Å². The van der Waals surface area contributed by atoms with E-state index in [1.54, 1.807) is 0 Å². The molecule has 0 N–H and O–H groups in total. The van der Waals surface area contributed by atoms with Crippen LogP contribution in [0.15, 0.2) is 60.7 Å². The predicted octanol–water partition coefficient (Wildman–Crippen LogP) is 3.76. The zero-order chi connectivity index (χ0) is 17.6. The quantitative estimate of drug-likeness (QED) is 0.830. The Hall–Kier alpha value is -2.13. The van der Waals surface area contributed by atoms with Gasteiger partial charge in [-0.15, -0.1) is 0 Å². The number of carbonyl (C=O) groups is 1. The van der Waals surface area contributed by atoms with Crippen molar-refractivity contribution in [3.05, 3.63) is 71.8 Å². The van der Waals surface area contributed by atoms with Gasteiger partial charge in [0.1, 0.15) is 0 Å². The van der Waals surface area contributed by atoms with Gasteiger partial charge in [-0.05, 0) is 24.5 Å². The summed E-state index contributed by atoms with van der Waals surface area (Å²) in [5, 5.41) is 0. The molecule has 1 heterocycles. The number of hydrogen-bond donors (Lipinski definition) is 0. The SMILES string of the molecule is CC[C@H](C)N1CCN(C(=O)C(c2ccccc2)c2ccccc2)CC1. The second-order valence-electron chi connectivity index (χ2n) is 6.87. The Bertz CT molecular complexity index is 623. The van der Waals surface area contributed by atoms with Crippen LogP contribution in [0.3, 0.4) is 0 Å². The normalized spacial score (nSPS) is 16.8. The van der Waals surface area contributed by atoms with Crippen molar-refractivity contribution in [2.24, 2.45) is 0 Å². The van der Waals surface area contributed by atoms with Crippen LogP contribution >= 0.6 is 0 Å². The molecular weight excluding hydrogens is 308 g/mol. The van der Waals surface area contributed by atoms with E-state index in [2.05, 4.69) is 43.0 Å². The molecule has 0 aliphatic carbocycles. The lowest BCUT2D eigenvalue weighted by Crippen LogP contribution is -2.52. The maximum Gasteiger partial charge on any atom is 0.234 e. The first kappa shape index (κ1) is 17.7. The van der Waals surface area contributed by atoms with Gasteiger partial charge in [-0.3, -0.25) is 9.69 Å². The van der Waals surface area contributed by atoms with Crippen LogP contribution in [0.5, 0.6) is 0 Å². The second-order valence-corrected chi connectivity index (χ2v) is 6.87. The molecule has 25 heavy (non-hydrogen) atoms. The summed E-state index contributed by atoms with van der Waals surface area (Å²) in [5.74, 6) is 0.0127. The Morgan fingerprint density at radius 1 is 0.880 bits per heavy atom. The lowest BCUT2D eigenvalue weighted by Gasteiger charge is -2.39. The Kier molecular flexibility index (Phi) is 5.87. The van der Waals surface area contributed by atoms with E-state index in [0.717, 1.165) is 43.7 Å². The molecule has 1 amide bonds. The van der Waals surface area contributed by atoms with Crippen molar-refractivity contribution < 1.29 is 4.79 Å². The van der Waals surface area contributed by atoms with Crippen LogP contribution in [-0.2, 0) is 4.79 Å². The summed E-state index contributed by atoms with van der Waals surface area (Å²) in [6.07, 6.45) is 1.16. The zero-order valence-electron chi connectivity index (χ0n) is 15.3. The number of hydrogen-bond acceptors (Lipinski definition) is 2. The second kappa shape index (κ2) is 8.30. The van der Waals surface area contributed by atoms with E-state index in [9.17, 15) is 4.79 Å². The Morgan fingerprint density at radius 3 is 1.80 bits per heavy atom. The number of benzene rings is 2. The van der Waals surface area contributed by atoms with Gasteiger partial charge in [0.05, 0.1) is 5.92 Å². The van der Waals surface area contributed by atoms with Crippen LogP contribution in [0.1, 0.15) is 37.3 Å².